The second-order valence-electron chi connectivity index (χ2n) is 4.49. The third-order valence-corrected chi connectivity index (χ3v) is 4.19. The minimum absolute atomic E-state index is 0.0542. The summed E-state index contributed by atoms with van der Waals surface area (Å²) in [4.78, 5) is 23.4. The fraction of sp³-hybridized carbons (Fsp3) is 0. The van der Waals surface area contributed by atoms with Crippen molar-refractivity contribution in [2.24, 2.45) is 5.10 Å². The number of hydrogen-bond donors (Lipinski definition) is 3. The van der Waals surface area contributed by atoms with Crippen LogP contribution in [0.2, 0.25) is 5.02 Å². The van der Waals surface area contributed by atoms with Gasteiger partial charge in [-0.3, -0.25) is 9.59 Å². The van der Waals surface area contributed by atoms with Gasteiger partial charge in [-0.25, -0.2) is 5.43 Å². The molecule has 2 rings (SSSR count). The van der Waals surface area contributed by atoms with Crippen LogP contribution in [-0.4, -0.2) is 23.1 Å². The van der Waals surface area contributed by atoms with Crippen LogP contribution in [0.1, 0.15) is 5.56 Å². The maximum Gasteiger partial charge on any atom is 0.329 e. The largest absolute Gasteiger partial charge is 0.506 e. The van der Waals surface area contributed by atoms with Gasteiger partial charge in [-0.1, -0.05) is 11.6 Å². The first kappa shape index (κ1) is 18.4. The number of hydrazone groups is 1. The maximum atomic E-state index is 11.7. The summed E-state index contributed by atoms with van der Waals surface area (Å²) in [5.74, 6) is -1.72. The molecule has 0 atom stereocenters. The second-order valence-corrected chi connectivity index (χ2v) is 6.64. The predicted octanol–water partition coefficient (Wildman–Crippen LogP) is 3.66. The van der Waals surface area contributed by atoms with Crippen molar-refractivity contribution in [3.63, 3.8) is 0 Å². The van der Waals surface area contributed by atoms with E-state index in [2.05, 4.69) is 47.7 Å². The molecule has 124 valence electrons. The summed E-state index contributed by atoms with van der Waals surface area (Å²) >= 11 is 12.1. The zero-order valence-electron chi connectivity index (χ0n) is 11.9. The van der Waals surface area contributed by atoms with Crippen LogP contribution in [0, 0.1) is 0 Å². The van der Waals surface area contributed by atoms with Crippen molar-refractivity contribution in [2.45, 2.75) is 0 Å². The Balaban J connectivity index is 1.94. The lowest BCUT2D eigenvalue weighted by molar-refractivity contribution is -0.136. The minimum Gasteiger partial charge on any atom is -0.506 e. The van der Waals surface area contributed by atoms with Gasteiger partial charge in [0.2, 0.25) is 0 Å². The van der Waals surface area contributed by atoms with E-state index in [0.717, 1.165) is 0 Å². The summed E-state index contributed by atoms with van der Waals surface area (Å²) in [6, 6.07) is 9.53. The van der Waals surface area contributed by atoms with Crippen LogP contribution in [0.25, 0.3) is 0 Å². The van der Waals surface area contributed by atoms with E-state index in [4.69, 9.17) is 11.6 Å². The number of amides is 2. The Bertz CT molecular complexity index is 787. The zero-order valence-corrected chi connectivity index (χ0v) is 15.8. The molecule has 0 saturated heterocycles. The van der Waals surface area contributed by atoms with Crippen molar-refractivity contribution in [1.82, 2.24) is 5.43 Å². The van der Waals surface area contributed by atoms with Crippen molar-refractivity contribution in [2.75, 3.05) is 5.32 Å². The highest BCUT2D eigenvalue weighted by Crippen LogP contribution is 2.32. The zero-order chi connectivity index (χ0) is 17.7. The Morgan fingerprint density at radius 1 is 1.08 bits per heavy atom. The van der Waals surface area contributed by atoms with E-state index in [9.17, 15) is 14.7 Å². The third-order valence-electron chi connectivity index (χ3n) is 2.73. The molecule has 0 aliphatic rings. The normalized spacial score (nSPS) is 10.6. The van der Waals surface area contributed by atoms with Crippen molar-refractivity contribution in [1.29, 1.82) is 0 Å². The van der Waals surface area contributed by atoms with Gasteiger partial charge >= 0.3 is 11.8 Å². The number of nitrogens with zero attached hydrogens (tertiary/aromatic N) is 1. The number of nitrogens with one attached hydrogen (secondary N) is 2. The molecule has 0 aromatic heterocycles. The van der Waals surface area contributed by atoms with Gasteiger partial charge in [0.25, 0.3) is 0 Å². The van der Waals surface area contributed by atoms with E-state index >= 15 is 0 Å². The fourth-order valence-corrected chi connectivity index (χ4v) is 2.94. The van der Waals surface area contributed by atoms with Crippen molar-refractivity contribution in [3.8, 4) is 5.75 Å². The van der Waals surface area contributed by atoms with Gasteiger partial charge in [-0.2, -0.15) is 5.10 Å². The highest BCUT2D eigenvalue weighted by Gasteiger charge is 2.12. The van der Waals surface area contributed by atoms with Gasteiger partial charge in [0, 0.05) is 10.7 Å². The van der Waals surface area contributed by atoms with Crippen LogP contribution in [-0.2, 0) is 9.59 Å². The summed E-state index contributed by atoms with van der Waals surface area (Å²) in [5, 5.41) is 16.2. The monoisotopic (exact) mass is 473 g/mol. The molecule has 0 aliphatic carbocycles. The van der Waals surface area contributed by atoms with Crippen LogP contribution >= 0.6 is 43.5 Å². The number of halogens is 3. The number of benzene rings is 2. The average Bonchev–Trinajstić information content (AvgIpc) is 2.54. The molecule has 2 aromatic rings. The van der Waals surface area contributed by atoms with Crippen molar-refractivity contribution >= 4 is 67.2 Å². The highest BCUT2D eigenvalue weighted by atomic mass is 79.9. The van der Waals surface area contributed by atoms with Gasteiger partial charge in [0.15, 0.2) is 0 Å². The standard InChI is InChI=1S/C15H10Br2ClN3O3/c16-11-5-8(6-12(17)13(11)22)7-19-21-15(24)14(23)20-10-3-1-9(18)2-4-10/h1-7,22H,(H,20,23)(H,21,24)/b19-7-. The van der Waals surface area contributed by atoms with E-state index < -0.39 is 11.8 Å². The SMILES string of the molecule is O=C(N/N=C\c1cc(Br)c(O)c(Br)c1)C(=O)Nc1ccc(Cl)cc1. The molecular formula is C15H10Br2ClN3O3. The van der Waals surface area contributed by atoms with E-state index in [1.165, 1.54) is 6.21 Å². The summed E-state index contributed by atoms with van der Waals surface area (Å²) in [6.45, 7) is 0. The van der Waals surface area contributed by atoms with Gasteiger partial charge < -0.3 is 10.4 Å². The molecule has 0 unspecified atom stereocenters. The lowest BCUT2D eigenvalue weighted by Gasteiger charge is -2.04. The number of carbonyl (C=O) groups is 2. The first-order valence-corrected chi connectivity index (χ1v) is 8.41. The first-order valence-electron chi connectivity index (χ1n) is 6.45. The number of aromatic hydroxyl groups is 1. The summed E-state index contributed by atoms with van der Waals surface area (Å²) < 4.78 is 0.926. The molecule has 9 heteroatoms. The summed E-state index contributed by atoms with van der Waals surface area (Å²) in [6.07, 6.45) is 1.34. The van der Waals surface area contributed by atoms with Crippen LogP contribution in [0.4, 0.5) is 5.69 Å². The smallest absolute Gasteiger partial charge is 0.329 e. The molecule has 0 aliphatic heterocycles. The molecule has 0 spiro atoms. The van der Waals surface area contributed by atoms with Crippen LogP contribution in [0.5, 0.6) is 5.75 Å². The third kappa shape index (κ3) is 5.05. The number of anilines is 1. The molecular weight excluding hydrogens is 465 g/mol. The summed E-state index contributed by atoms with van der Waals surface area (Å²) in [7, 11) is 0. The number of phenolic OH excluding ortho intramolecular Hbond substituents is 1. The average molecular weight is 476 g/mol. The Kier molecular flexibility index (Phi) is 6.36. The molecule has 6 nitrogen and oxygen atoms in total. The van der Waals surface area contributed by atoms with E-state index in [-0.39, 0.29) is 5.75 Å². The Morgan fingerprint density at radius 2 is 1.67 bits per heavy atom. The summed E-state index contributed by atoms with van der Waals surface area (Å²) in [5.41, 5.74) is 3.16. The van der Waals surface area contributed by atoms with Crippen LogP contribution in [0.3, 0.4) is 0 Å². The molecule has 2 amide bonds. The van der Waals surface area contributed by atoms with Gasteiger partial charge in [0.1, 0.15) is 5.75 Å². The molecule has 3 N–H and O–H groups in total. The maximum absolute atomic E-state index is 11.7. The van der Waals surface area contributed by atoms with Crippen molar-refractivity contribution in [3.05, 3.63) is 55.9 Å². The Labute approximate surface area is 159 Å². The number of rotatable bonds is 3. The molecule has 24 heavy (non-hydrogen) atoms. The number of carbonyl (C=O) groups excluding carboxylic acids is 2. The van der Waals surface area contributed by atoms with E-state index in [0.29, 0.717) is 25.2 Å². The molecule has 0 radical (unpaired) electrons. The molecule has 0 bridgehead atoms. The van der Waals surface area contributed by atoms with Crippen molar-refractivity contribution < 1.29 is 14.7 Å². The molecule has 0 heterocycles. The second kappa shape index (κ2) is 8.27. The van der Waals surface area contributed by atoms with Gasteiger partial charge in [-0.05, 0) is 73.8 Å². The first-order chi connectivity index (χ1) is 11.4. The topological polar surface area (TPSA) is 90.8 Å². The number of hydrogen-bond acceptors (Lipinski definition) is 4. The highest BCUT2D eigenvalue weighted by molar-refractivity contribution is 9.11. The minimum atomic E-state index is -0.918. The van der Waals surface area contributed by atoms with Crippen LogP contribution in [0.15, 0.2) is 50.4 Å². The number of phenols is 1. The predicted molar refractivity (Wildman–Crippen MR) is 99.3 cm³/mol. The van der Waals surface area contributed by atoms with Gasteiger partial charge in [0.05, 0.1) is 15.2 Å². The van der Waals surface area contributed by atoms with E-state index in [1.807, 2.05) is 0 Å². The molecule has 0 fully saturated rings. The fourth-order valence-electron chi connectivity index (χ4n) is 1.60. The van der Waals surface area contributed by atoms with Crippen LogP contribution < -0.4 is 10.7 Å². The molecule has 2 aromatic carbocycles. The lowest BCUT2D eigenvalue weighted by Crippen LogP contribution is -2.32. The molecule has 0 saturated carbocycles. The van der Waals surface area contributed by atoms with Gasteiger partial charge in [-0.15, -0.1) is 0 Å². The lowest BCUT2D eigenvalue weighted by atomic mass is 10.2. The quantitative estimate of drug-likeness (QED) is 0.360. The Morgan fingerprint density at radius 3 is 2.25 bits per heavy atom. The Hall–Kier alpha value is -1.90. The van der Waals surface area contributed by atoms with E-state index in [1.54, 1.807) is 36.4 Å².